The molecule has 2 aromatic rings. The van der Waals surface area contributed by atoms with Crippen molar-refractivity contribution in [1.29, 1.82) is 10.8 Å². The molecule has 0 radical (unpaired) electrons. The number of aromatic nitrogens is 1. The molecule has 5 rings (SSSR count). The number of nitrogens with zero attached hydrogens (tertiary/aromatic N) is 3. The van der Waals surface area contributed by atoms with Crippen LogP contribution >= 0.6 is 30.3 Å². The second-order valence-corrected chi connectivity index (χ2v) is 9.77. The van der Waals surface area contributed by atoms with Gasteiger partial charge in [-0.25, -0.2) is 4.39 Å². The summed E-state index contributed by atoms with van der Waals surface area (Å²) in [5, 5.41) is 18.0. The SMILES string of the molecule is N=C(/C=C\C(=N)N1CC2CCC(C1)O2)N1CCc2c(c3ccc(F)cc3n2SI)C1. The molecule has 2 fully saturated rings. The first-order valence-corrected chi connectivity index (χ1v) is 13.5. The van der Waals surface area contributed by atoms with E-state index in [-0.39, 0.29) is 18.0 Å². The Morgan fingerprint density at radius 3 is 2.53 bits per heavy atom. The number of ether oxygens (including phenoxy) is 1. The van der Waals surface area contributed by atoms with Crippen LogP contribution in [-0.2, 0) is 17.7 Å². The highest BCUT2D eigenvalue weighted by Gasteiger charge is 2.34. The lowest BCUT2D eigenvalue weighted by Gasteiger charge is -2.33. The van der Waals surface area contributed by atoms with E-state index in [2.05, 4.69) is 30.1 Å². The summed E-state index contributed by atoms with van der Waals surface area (Å²) in [6, 6.07) is 4.94. The fraction of sp³-hybridized carbons (Fsp3) is 0.429. The molecule has 2 N–H and O–H groups in total. The molecule has 3 aliphatic rings. The quantitative estimate of drug-likeness (QED) is 0.346. The van der Waals surface area contributed by atoms with Gasteiger partial charge in [-0.3, -0.25) is 14.8 Å². The smallest absolute Gasteiger partial charge is 0.125 e. The lowest BCUT2D eigenvalue weighted by Crippen LogP contribution is -2.45. The van der Waals surface area contributed by atoms with Gasteiger partial charge in [0, 0.05) is 79.6 Å². The van der Waals surface area contributed by atoms with Crippen LogP contribution in [0.1, 0.15) is 24.1 Å². The summed E-state index contributed by atoms with van der Waals surface area (Å²) in [5.74, 6) is 0.629. The van der Waals surface area contributed by atoms with Crippen molar-refractivity contribution in [2.24, 2.45) is 0 Å². The first kappa shape index (κ1) is 20.3. The van der Waals surface area contributed by atoms with Crippen molar-refractivity contribution in [1.82, 2.24) is 13.8 Å². The molecular formula is C21H23FIN5OS. The third-order valence-electron chi connectivity index (χ3n) is 6.26. The molecule has 1 aromatic carbocycles. The maximum atomic E-state index is 13.8. The Bertz CT molecular complexity index is 1040. The summed E-state index contributed by atoms with van der Waals surface area (Å²) in [4.78, 5) is 4.09. The number of morpholine rings is 1. The average molecular weight is 539 g/mol. The maximum Gasteiger partial charge on any atom is 0.125 e. The molecule has 0 amide bonds. The molecule has 158 valence electrons. The molecule has 9 heteroatoms. The van der Waals surface area contributed by atoms with Crippen LogP contribution in [0, 0.1) is 16.6 Å². The van der Waals surface area contributed by atoms with Gasteiger partial charge in [0.1, 0.15) is 17.5 Å². The molecule has 0 saturated carbocycles. The standard InChI is InChI=1S/C21H23FIN5OS/c22-13-1-4-16-17-12-26(8-7-18(17)28(30-23)19(16)9-13)20(24)5-6-21(25)27-10-14-2-3-15(11-27)29-14/h1,4-6,9,14-15,24-25H,2-3,7-8,10-12H2/b6-5-,24-20?,25-21?. The van der Waals surface area contributed by atoms with E-state index in [1.54, 1.807) is 27.3 Å². The minimum absolute atomic E-state index is 0.230. The monoisotopic (exact) mass is 539 g/mol. The Morgan fingerprint density at radius 1 is 1.13 bits per heavy atom. The lowest BCUT2D eigenvalue weighted by molar-refractivity contribution is -0.0156. The van der Waals surface area contributed by atoms with Crippen LogP contribution in [0.4, 0.5) is 4.39 Å². The fourth-order valence-electron chi connectivity index (χ4n) is 4.76. The highest BCUT2D eigenvalue weighted by molar-refractivity contribution is 14.2. The van der Waals surface area contributed by atoms with Crippen molar-refractivity contribution in [3.63, 3.8) is 0 Å². The Morgan fingerprint density at radius 2 is 1.83 bits per heavy atom. The second-order valence-electron chi connectivity index (χ2n) is 8.09. The number of likely N-dealkylation sites (tertiary alicyclic amines) is 1. The van der Waals surface area contributed by atoms with Gasteiger partial charge in [-0.1, -0.05) is 0 Å². The van der Waals surface area contributed by atoms with Crippen LogP contribution in [0.5, 0.6) is 0 Å². The summed E-state index contributed by atoms with van der Waals surface area (Å²) in [6.45, 7) is 2.90. The number of hydrogen-bond acceptors (Lipinski definition) is 4. The fourth-order valence-corrected chi connectivity index (χ4v) is 6.62. The number of amidine groups is 2. The van der Waals surface area contributed by atoms with Gasteiger partial charge in [-0.2, -0.15) is 0 Å². The van der Waals surface area contributed by atoms with E-state index in [9.17, 15) is 4.39 Å². The Kier molecular flexibility index (Phi) is 5.53. The minimum Gasteiger partial charge on any atom is -0.371 e. The van der Waals surface area contributed by atoms with Gasteiger partial charge < -0.3 is 14.5 Å². The van der Waals surface area contributed by atoms with Crippen molar-refractivity contribution < 1.29 is 9.13 Å². The minimum atomic E-state index is -0.230. The summed E-state index contributed by atoms with van der Waals surface area (Å²) >= 11 is 2.24. The van der Waals surface area contributed by atoms with Gasteiger partial charge in [0.15, 0.2) is 0 Å². The normalized spacial score (nSPS) is 23.4. The lowest BCUT2D eigenvalue weighted by atomic mass is 10.0. The summed E-state index contributed by atoms with van der Waals surface area (Å²) in [6.07, 6.45) is 6.93. The highest BCUT2D eigenvalue weighted by Crippen LogP contribution is 2.36. The first-order valence-electron chi connectivity index (χ1n) is 10.1. The van der Waals surface area contributed by atoms with Crippen molar-refractivity contribution in [3.8, 4) is 0 Å². The van der Waals surface area contributed by atoms with Gasteiger partial charge in [0.25, 0.3) is 0 Å². The molecule has 2 saturated heterocycles. The largest absolute Gasteiger partial charge is 0.371 e. The molecule has 0 spiro atoms. The molecule has 3 aliphatic heterocycles. The molecule has 2 atom stereocenters. The van der Waals surface area contributed by atoms with E-state index in [1.165, 1.54) is 17.3 Å². The zero-order valence-electron chi connectivity index (χ0n) is 16.4. The Hall–Kier alpha value is -1.59. The van der Waals surface area contributed by atoms with Crippen LogP contribution in [0.15, 0.2) is 30.4 Å². The van der Waals surface area contributed by atoms with Gasteiger partial charge in [0.05, 0.1) is 17.7 Å². The van der Waals surface area contributed by atoms with Crippen molar-refractivity contribution in [3.05, 3.63) is 47.4 Å². The summed E-state index contributed by atoms with van der Waals surface area (Å²) in [5.41, 5.74) is 3.27. The number of fused-ring (bicyclic) bond motifs is 5. The van der Waals surface area contributed by atoms with Crippen LogP contribution < -0.4 is 0 Å². The number of benzene rings is 1. The van der Waals surface area contributed by atoms with Gasteiger partial charge in [-0.05, 0) is 43.2 Å². The first-order chi connectivity index (χ1) is 14.5. The van der Waals surface area contributed by atoms with E-state index < -0.39 is 0 Å². The van der Waals surface area contributed by atoms with Crippen molar-refractivity contribution in [2.45, 2.75) is 38.0 Å². The van der Waals surface area contributed by atoms with Gasteiger partial charge in [-0.15, -0.1) is 0 Å². The average Bonchev–Trinajstić information content (AvgIpc) is 3.26. The molecule has 4 heterocycles. The number of rotatable bonds is 3. The number of halogens is 2. The molecule has 0 aliphatic carbocycles. The van der Waals surface area contributed by atoms with Crippen LogP contribution in [0.3, 0.4) is 0 Å². The molecule has 6 nitrogen and oxygen atoms in total. The second kappa shape index (κ2) is 8.16. The van der Waals surface area contributed by atoms with E-state index in [0.717, 1.165) is 49.8 Å². The Labute approximate surface area is 191 Å². The van der Waals surface area contributed by atoms with Crippen molar-refractivity contribution in [2.75, 3.05) is 19.6 Å². The Balaban J connectivity index is 1.31. The zero-order valence-corrected chi connectivity index (χ0v) is 19.4. The number of nitrogens with one attached hydrogen (secondary N) is 2. The summed E-state index contributed by atoms with van der Waals surface area (Å²) < 4.78 is 21.7. The molecule has 30 heavy (non-hydrogen) atoms. The topological polar surface area (TPSA) is 68.3 Å². The summed E-state index contributed by atoms with van der Waals surface area (Å²) in [7, 11) is 1.56. The van der Waals surface area contributed by atoms with Crippen LogP contribution in [0.25, 0.3) is 10.9 Å². The molecule has 1 aromatic heterocycles. The predicted octanol–water partition coefficient (Wildman–Crippen LogP) is 4.36. The van der Waals surface area contributed by atoms with E-state index in [0.29, 0.717) is 18.2 Å². The van der Waals surface area contributed by atoms with Gasteiger partial charge in [0.2, 0.25) is 0 Å². The predicted molar refractivity (Wildman–Crippen MR) is 127 cm³/mol. The zero-order chi connectivity index (χ0) is 20.8. The van der Waals surface area contributed by atoms with Crippen LogP contribution in [0.2, 0.25) is 0 Å². The van der Waals surface area contributed by atoms with Crippen LogP contribution in [-0.4, -0.2) is 57.3 Å². The highest BCUT2D eigenvalue weighted by atomic mass is 127. The maximum absolute atomic E-state index is 13.8. The van der Waals surface area contributed by atoms with Gasteiger partial charge >= 0.3 is 0 Å². The molecular weight excluding hydrogens is 516 g/mol. The molecule has 2 bridgehead atoms. The third-order valence-corrected chi connectivity index (χ3v) is 7.99. The number of hydrogen-bond donors (Lipinski definition) is 2. The third kappa shape index (κ3) is 3.64. The van der Waals surface area contributed by atoms with E-state index in [4.69, 9.17) is 15.6 Å². The van der Waals surface area contributed by atoms with E-state index >= 15 is 0 Å². The molecule has 2 unspecified atom stereocenters. The van der Waals surface area contributed by atoms with E-state index in [1.807, 2.05) is 11.0 Å². The van der Waals surface area contributed by atoms with Crippen molar-refractivity contribution >= 4 is 52.9 Å².